The molecule has 0 saturated carbocycles. The summed E-state index contributed by atoms with van der Waals surface area (Å²) >= 11 is 6.22. The highest BCUT2D eigenvalue weighted by atomic mass is 35.5. The van der Waals surface area contributed by atoms with Crippen molar-refractivity contribution in [2.45, 2.75) is 20.3 Å². The van der Waals surface area contributed by atoms with Crippen LogP contribution in [0.4, 0.5) is 11.5 Å². The maximum Gasteiger partial charge on any atom is 0.258 e. The van der Waals surface area contributed by atoms with Crippen molar-refractivity contribution in [3.63, 3.8) is 0 Å². The number of anilines is 2. The highest BCUT2D eigenvalue weighted by Crippen LogP contribution is 2.29. The fraction of sp³-hybridized carbons (Fsp3) is 0.200. The lowest BCUT2D eigenvalue weighted by atomic mass is 10.2. The minimum Gasteiger partial charge on any atom is -0.335 e. The van der Waals surface area contributed by atoms with Crippen molar-refractivity contribution in [2.75, 3.05) is 11.9 Å². The first-order valence-electron chi connectivity index (χ1n) is 9.19. The van der Waals surface area contributed by atoms with Gasteiger partial charge in [0.2, 0.25) is 0 Å². The summed E-state index contributed by atoms with van der Waals surface area (Å²) in [5.41, 5.74) is 2.37. The van der Waals surface area contributed by atoms with Crippen molar-refractivity contribution in [2.24, 2.45) is 0 Å². The molecule has 0 aliphatic rings. The summed E-state index contributed by atoms with van der Waals surface area (Å²) < 4.78 is 10.4. The summed E-state index contributed by atoms with van der Waals surface area (Å²) in [6, 6.07) is 5.46. The molecule has 0 bridgehead atoms. The molecule has 0 aliphatic carbocycles. The van der Waals surface area contributed by atoms with Gasteiger partial charge in [-0.15, -0.1) is 0 Å². The SMILES string of the molecule is CCc1noc(/C=C/c2cncc(N(C)c3cc(-c4nc(C)no4)cc(Cl)n3)c2)n1. The van der Waals surface area contributed by atoms with E-state index in [1.165, 1.54) is 0 Å². The van der Waals surface area contributed by atoms with Gasteiger partial charge in [0.05, 0.1) is 11.9 Å². The minimum atomic E-state index is 0.317. The second-order valence-electron chi connectivity index (χ2n) is 6.45. The van der Waals surface area contributed by atoms with Gasteiger partial charge in [0, 0.05) is 31.3 Å². The van der Waals surface area contributed by atoms with Gasteiger partial charge in [0.1, 0.15) is 11.0 Å². The van der Waals surface area contributed by atoms with Gasteiger partial charge in [0.15, 0.2) is 11.6 Å². The molecule has 4 heterocycles. The Morgan fingerprint density at radius 1 is 1.03 bits per heavy atom. The van der Waals surface area contributed by atoms with E-state index >= 15 is 0 Å². The molecule has 4 rings (SSSR count). The molecular formula is C20H18ClN7O2. The van der Waals surface area contributed by atoms with Gasteiger partial charge in [-0.3, -0.25) is 4.98 Å². The normalized spacial score (nSPS) is 11.3. The van der Waals surface area contributed by atoms with Crippen LogP contribution in [0, 0.1) is 6.92 Å². The van der Waals surface area contributed by atoms with Crippen LogP contribution in [-0.2, 0) is 6.42 Å². The first-order valence-corrected chi connectivity index (χ1v) is 9.57. The maximum absolute atomic E-state index is 6.22. The lowest BCUT2D eigenvalue weighted by Crippen LogP contribution is -2.12. The Hall–Kier alpha value is -3.59. The maximum atomic E-state index is 6.22. The number of hydrogen-bond donors (Lipinski definition) is 0. The number of rotatable bonds is 6. The van der Waals surface area contributed by atoms with E-state index in [0.717, 1.165) is 17.7 Å². The molecule has 0 amide bonds. The van der Waals surface area contributed by atoms with Crippen molar-refractivity contribution in [3.05, 3.63) is 58.8 Å². The summed E-state index contributed by atoms with van der Waals surface area (Å²) in [6.45, 7) is 3.72. The molecule has 0 saturated heterocycles. The van der Waals surface area contributed by atoms with E-state index in [0.29, 0.717) is 40.0 Å². The standard InChI is InChI=1S/C20H18ClN7O2/c1-4-17-25-19(29-27-17)6-5-13-7-15(11-22-10-13)28(3)18-9-14(8-16(21)24-18)20-23-12(2)26-30-20/h5-11H,4H2,1-3H3/b6-5+. The molecule has 4 aromatic rings. The third-order valence-electron chi connectivity index (χ3n) is 4.25. The van der Waals surface area contributed by atoms with Crippen molar-refractivity contribution in [1.82, 2.24) is 30.2 Å². The fourth-order valence-electron chi connectivity index (χ4n) is 2.69. The second-order valence-corrected chi connectivity index (χ2v) is 6.84. The molecule has 0 atom stereocenters. The van der Waals surface area contributed by atoms with Gasteiger partial charge in [-0.05, 0) is 36.8 Å². The third kappa shape index (κ3) is 4.36. The van der Waals surface area contributed by atoms with Crippen LogP contribution in [0.25, 0.3) is 23.6 Å². The Kier molecular flexibility index (Phi) is 5.53. The predicted molar refractivity (Wildman–Crippen MR) is 112 cm³/mol. The number of pyridine rings is 2. The highest BCUT2D eigenvalue weighted by molar-refractivity contribution is 6.29. The Bertz CT molecular complexity index is 1200. The summed E-state index contributed by atoms with van der Waals surface area (Å²) in [6.07, 6.45) is 7.80. The molecule has 4 aromatic heterocycles. The third-order valence-corrected chi connectivity index (χ3v) is 4.44. The van der Waals surface area contributed by atoms with E-state index in [4.69, 9.17) is 20.6 Å². The molecule has 9 nitrogen and oxygen atoms in total. The van der Waals surface area contributed by atoms with Crippen LogP contribution in [0.15, 0.2) is 39.6 Å². The fourth-order valence-corrected chi connectivity index (χ4v) is 2.89. The molecule has 0 unspecified atom stereocenters. The molecule has 0 aliphatic heterocycles. The number of hydrogen-bond acceptors (Lipinski definition) is 9. The molecule has 30 heavy (non-hydrogen) atoms. The summed E-state index contributed by atoms with van der Waals surface area (Å²) in [4.78, 5) is 19.1. The predicted octanol–water partition coefficient (Wildman–Crippen LogP) is 4.37. The number of aryl methyl sites for hydroxylation is 2. The molecular weight excluding hydrogens is 406 g/mol. The van der Waals surface area contributed by atoms with Crippen LogP contribution in [0.1, 0.15) is 30.0 Å². The molecule has 10 heteroatoms. The molecule has 0 spiro atoms. The van der Waals surface area contributed by atoms with Crippen molar-refractivity contribution < 1.29 is 9.05 Å². The molecule has 0 aromatic carbocycles. The van der Waals surface area contributed by atoms with Gasteiger partial charge in [0.25, 0.3) is 11.8 Å². The van der Waals surface area contributed by atoms with Gasteiger partial charge in [-0.1, -0.05) is 28.8 Å². The number of nitrogens with zero attached hydrogens (tertiary/aromatic N) is 7. The minimum absolute atomic E-state index is 0.317. The number of halogens is 1. The zero-order valence-corrected chi connectivity index (χ0v) is 17.3. The van der Waals surface area contributed by atoms with Gasteiger partial charge < -0.3 is 13.9 Å². The molecule has 0 fully saturated rings. The van der Waals surface area contributed by atoms with Crippen molar-refractivity contribution in [3.8, 4) is 11.5 Å². The smallest absolute Gasteiger partial charge is 0.258 e. The van der Waals surface area contributed by atoms with Crippen LogP contribution < -0.4 is 4.90 Å². The summed E-state index contributed by atoms with van der Waals surface area (Å²) in [7, 11) is 1.87. The first-order chi connectivity index (χ1) is 14.5. The van der Waals surface area contributed by atoms with Gasteiger partial charge in [-0.2, -0.15) is 9.97 Å². The van der Waals surface area contributed by atoms with Crippen molar-refractivity contribution >= 4 is 35.3 Å². The zero-order chi connectivity index (χ0) is 21.1. The average molecular weight is 424 g/mol. The largest absolute Gasteiger partial charge is 0.335 e. The molecule has 152 valence electrons. The van der Waals surface area contributed by atoms with E-state index in [2.05, 4.69) is 30.2 Å². The zero-order valence-electron chi connectivity index (χ0n) is 16.6. The average Bonchev–Trinajstić information content (AvgIpc) is 3.40. The lowest BCUT2D eigenvalue weighted by molar-refractivity contribution is 0.403. The van der Waals surface area contributed by atoms with E-state index in [1.54, 1.807) is 31.5 Å². The van der Waals surface area contributed by atoms with Crippen molar-refractivity contribution in [1.29, 1.82) is 0 Å². The van der Waals surface area contributed by atoms with E-state index in [1.807, 2.05) is 37.1 Å². The quantitative estimate of drug-likeness (QED) is 0.417. The number of aromatic nitrogens is 6. The lowest BCUT2D eigenvalue weighted by Gasteiger charge is -2.19. The Morgan fingerprint density at radius 3 is 2.63 bits per heavy atom. The van der Waals surface area contributed by atoms with Gasteiger partial charge in [-0.25, -0.2) is 4.98 Å². The van der Waals surface area contributed by atoms with Gasteiger partial charge >= 0.3 is 0 Å². The van der Waals surface area contributed by atoms with Crippen LogP contribution in [0.2, 0.25) is 5.15 Å². The second kappa shape index (κ2) is 8.42. The Balaban J connectivity index is 1.60. The summed E-state index contributed by atoms with van der Waals surface area (Å²) in [5, 5.41) is 8.01. The first kappa shape index (κ1) is 19.7. The van der Waals surface area contributed by atoms with E-state index in [9.17, 15) is 0 Å². The van der Waals surface area contributed by atoms with Crippen LogP contribution in [0.3, 0.4) is 0 Å². The Morgan fingerprint density at radius 2 is 1.90 bits per heavy atom. The molecule has 0 radical (unpaired) electrons. The van der Waals surface area contributed by atoms with Crippen LogP contribution >= 0.6 is 11.6 Å². The highest BCUT2D eigenvalue weighted by Gasteiger charge is 2.13. The topological polar surface area (TPSA) is 107 Å². The molecule has 0 N–H and O–H groups in total. The van der Waals surface area contributed by atoms with E-state index in [-0.39, 0.29) is 0 Å². The van der Waals surface area contributed by atoms with Crippen LogP contribution in [-0.4, -0.2) is 37.3 Å². The van der Waals surface area contributed by atoms with E-state index < -0.39 is 0 Å². The Labute approximate surface area is 177 Å². The monoisotopic (exact) mass is 423 g/mol. The summed E-state index contributed by atoms with van der Waals surface area (Å²) in [5.74, 6) is 2.65. The van der Waals surface area contributed by atoms with Crippen LogP contribution in [0.5, 0.6) is 0 Å².